The van der Waals surface area contributed by atoms with Crippen molar-refractivity contribution in [3.8, 4) is 0 Å². The number of benzene rings is 1. The van der Waals surface area contributed by atoms with Crippen molar-refractivity contribution in [2.45, 2.75) is 87.1 Å². The van der Waals surface area contributed by atoms with Crippen LogP contribution in [0.25, 0.3) is 0 Å². The lowest BCUT2D eigenvalue weighted by atomic mass is 9.44. The highest BCUT2D eigenvalue weighted by molar-refractivity contribution is 6.00. The lowest BCUT2D eigenvalue weighted by Gasteiger charge is -2.70. The lowest BCUT2D eigenvalue weighted by Crippen LogP contribution is -2.83. The van der Waals surface area contributed by atoms with Gasteiger partial charge >= 0.3 is 5.97 Å². The second-order valence-electron chi connectivity index (χ2n) is 13.7. The molecule has 1 aromatic rings. The van der Waals surface area contributed by atoms with E-state index in [0.717, 1.165) is 0 Å². The molecule has 0 radical (unpaired) electrons. The number of piperidine rings is 1. The van der Waals surface area contributed by atoms with Crippen LogP contribution in [0.1, 0.15) is 56.3 Å². The highest BCUT2D eigenvalue weighted by Crippen LogP contribution is 2.79. The summed E-state index contributed by atoms with van der Waals surface area (Å²) in [5.74, 6) is -1.54. The predicted octanol–water partition coefficient (Wildman–Crippen LogP) is 2.22. The van der Waals surface area contributed by atoms with E-state index in [1.165, 1.54) is 6.92 Å². The highest BCUT2D eigenvalue weighted by Gasteiger charge is 2.89. The maximum atomic E-state index is 14.0. The van der Waals surface area contributed by atoms with Crippen LogP contribution in [-0.4, -0.2) is 103 Å². The molecule has 230 valence electrons. The van der Waals surface area contributed by atoms with Gasteiger partial charge in [0.25, 0.3) is 0 Å². The van der Waals surface area contributed by atoms with Crippen LogP contribution in [0.2, 0.25) is 0 Å². The van der Waals surface area contributed by atoms with Gasteiger partial charge in [-0.25, -0.2) is 4.79 Å². The summed E-state index contributed by atoms with van der Waals surface area (Å²) in [6, 6.07) is 6.89. The van der Waals surface area contributed by atoms with Gasteiger partial charge in [0, 0.05) is 76.3 Å². The van der Waals surface area contributed by atoms with E-state index in [9.17, 15) is 19.8 Å². The molecule has 12 atom stereocenters. The second kappa shape index (κ2) is 9.46. The van der Waals surface area contributed by atoms with Gasteiger partial charge in [-0.05, 0) is 44.4 Å². The summed E-state index contributed by atoms with van der Waals surface area (Å²) in [5.41, 5.74) is -3.57. The van der Waals surface area contributed by atoms with Crippen molar-refractivity contribution in [1.82, 2.24) is 4.90 Å². The standard InChI is InChI=1S/C32H44N2O8/c1-6-34-16-29(42-28(36)18-9-7-8-10-21(18)33-17(2)35)12-11-25(40-4)31-23(29)14-20(26(31)34)30(37)15-22(39-3)19-13-24(31)32(30,38)27(19)41-5/h7-10,19-20,22-27,37-38H,6,11-16H2,1-5H3,(H,33,35)/t19-,20+,22+,23-,24+,25+,26+,27+,29+,30+,31+,32-/m1/s1. The molecule has 42 heavy (non-hydrogen) atoms. The first-order valence-electron chi connectivity index (χ1n) is 15.4. The van der Waals surface area contributed by atoms with Crippen LogP contribution in [-0.2, 0) is 23.7 Å². The third-order valence-corrected chi connectivity index (χ3v) is 12.6. The van der Waals surface area contributed by atoms with Crippen molar-refractivity contribution in [3.05, 3.63) is 29.8 Å². The average Bonchev–Trinajstić information content (AvgIpc) is 3.39. The number of para-hydroxylation sites is 1. The molecule has 10 heteroatoms. The Labute approximate surface area is 247 Å². The zero-order valence-electron chi connectivity index (χ0n) is 25.2. The molecular weight excluding hydrogens is 540 g/mol. The van der Waals surface area contributed by atoms with Crippen LogP contribution in [0, 0.1) is 29.1 Å². The molecule has 7 rings (SSSR count). The fourth-order valence-electron chi connectivity index (χ4n) is 11.6. The number of fused-ring (bicyclic) bond motifs is 2. The number of hydrogen-bond donors (Lipinski definition) is 3. The van der Waals surface area contributed by atoms with E-state index in [1.54, 1.807) is 45.6 Å². The average molecular weight is 585 g/mol. The molecule has 6 aliphatic rings. The number of esters is 1. The van der Waals surface area contributed by atoms with E-state index in [1.807, 2.05) is 0 Å². The SMILES string of the molecule is CCN1C[C@@]2(OC(=O)c3ccccc3NC(C)=O)CC[C@H](OC)[C@]34[C@@H]1[C@H](C[C@H]23)[C@@]1(O)C[C@H](OC)[C@H]2C[C@@H]4[C@@]1(O)[C@H]2OC. The molecular formula is C32H44N2O8. The van der Waals surface area contributed by atoms with Crippen LogP contribution in [0.5, 0.6) is 0 Å². The number of rotatable bonds is 7. The van der Waals surface area contributed by atoms with E-state index in [4.69, 9.17) is 18.9 Å². The second-order valence-corrected chi connectivity index (χ2v) is 13.7. The van der Waals surface area contributed by atoms with Gasteiger partial charge in [-0.3, -0.25) is 9.69 Å². The molecule has 5 saturated carbocycles. The zero-order valence-corrected chi connectivity index (χ0v) is 25.2. The Morgan fingerprint density at radius 3 is 2.50 bits per heavy atom. The summed E-state index contributed by atoms with van der Waals surface area (Å²) in [6.07, 6.45) is 1.91. The number of aliphatic hydroxyl groups is 2. The number of carbonyl (C=O) groups excluding carboxylic acids is 2. The normalized spacial score (nSPS) is 48.2. The first kappa shape index (κ1) is 28.7. The van der Waals surface area contributed by atoms with Crippen LogP contribution in [0.15, 0.2) is 24.3 Å². The molecule has 1 spiro atoms. The van der Waals surface area contributed by atoms with Gasteiger partial charge < -0.3 is 34.5 Å². The van der Waals surface area contributed by atoms with Gasteiger partial charge in [-0.2, -0.15) is 0 Å². The molecule has 1 aromatic carbocycles. The Morgan fingerprint density at radius 2 is 1.83 bits per heavy atom. The number of nitrogens with zero attached hydrogens (tertiary/aromatic N) is 1. The number of amides is 1. The number of ether oxygens (including phenoxy) is 4. The summed E-state index contributed by atoms with van der Waals surface area (Å²) < 4.78 is 25.1. The van der Waals surface area contributed by atoms with Crippen molar-refractivity contribution < 1.29 is 38.7 Å². The molecule has 5 aliphatic carbocycles. The molecule has 0 aromatic heterocycles. The summed E-state index contributed by atoms with van der Waals surface area (Å²) >= 11 is 0. The Bertz CT molecular complexity index is 1290. The van der Waals surface area contributed by atoms with Crippen LogP contribution in [0.4, 0.5) is 5.69 Å². The highest BCUT2D eigenvalue weighted by atomic mass is 16.6. The molecule has 1 aliphatic heterocycles. The number of hydrogen-bond acceptors (Lipinski definition) is 9. The topological polar surface area (TPSA) is 127 Å². The Balaban J connectivity index is 1.38. The minimum Gasteiger partial charge on any atom is -0.454 e. The monoisotopic (exact) mass is 584 g/mol. The number of likely N-dealkylation sites (N-methyl/N-ethyl adjacent to an activating group) is 1. The minimum absolute atomic E-state index is 0.0432. The predicted molar refractivity (Wildman–Crippen MR) is 152 cm³/mol. The van der Waals surface area contributed by atoms with Crippen LogP contribution < -0.4 is 5.32 Å². The molecule has 10 nitrogen and oxygen atoms in total. The third kappa shape index (κ3) is 3.21. The Morgan fingerprint density at radius 1 is 1.07 bits per heavy atom. The van der Waals surface area contributed by atoms with E-state index in [-0.39, 0.29) is 47.8 Å². The summed E-state index contributed by atoms with van der Waals surface area (Å²) in [5, 5.41) is 28.4. The molecule has 0 unspecified atom stereocenters. The summed E-state index contributed by atoms with van der Waals surface area (Å²) in [4.78, 5) is 28.3. The maximum absolute atomic E-state index is 14.0. The molecule has 6 fully saturated rings. The molecule has 7 bridgehead atoms. The summed E-state index contributed by atoms with van der Waals surface area (Å²) in [7, 11) is 5.05. The third-order valence-electron chi connectivity index (χ3n) is 12.6. The van der Waals surface area contributed by atoms with Crippen LogP contribution in [0.3, 0.4) is 0 Å². The number of carbonyl (C=O) groups is 2. The van der Waals surface area contributed by atoms with Crippen molar-refractivity contribution >= 4 is 17.6 Å². The Kier molecular flexibility index (Phi) is 6.46. The smallest absolute Gasteiger partial charge is 0.340 e. The largest absolute Gasteiger partial charge is 0.454 e. The van der Waals surface area contributed by atoms with Gasteiger partial charge in [-0.1, -0.05) is 19.1 Å². The van der Waals surface area contributed by atoms with Crippen LogP contribution >= 0.6 is 0 Å². The fourth-order valence-corrected chi connectivity index (χ4v) is 11.6. The Hall–Kier alpha value is -2.08. The van der Waals surface area contributed by atoms with Gasteiger partial charge in [0.15, 0.2) is 0 Å². The number of methoxy groups -OCH3 is 3. The molecule has 1 saturated heterocycles. The fraction of sp³-hybridized carbons (Fsp3) is 0.750. The lowest BCUT2D eigenvalue weighted by molar-refractivity contribution is -0.337. The van der Waals surface area contributed by atoms with E-state index in [0.29, 0.717) is 56.4 Å². The van der Waals surface area contributed by atoms with Crippen molar-refractivity contribution in [2.24, 2.45) is 29.1 Å². The van der Waals surface area contributed by atoms with Crippen molar-refractivity contribution in [1.29, 1.82) is 0 Å². The number of nitrogens with one attached hydrogen (secondary N) is 1. The first-order valence-corrected chi connectivity index (χ1v) is 15.4. The van der Waals surface area contributed by atoms with Gasteiger partial charge in [-0.15, -0.1) is 0 Å². The van der Waals surface area contributed by atoms with E-state index >= 15 is 0 Å². The zero-order chi connectivity index (χ0) is 29.8. The van der Waals surface area contributed by atoms with Gasteiger partial charge in [0.1, 0.15) is 16.8 Å². The summed E-state index contributed by atoms with van der Waals surface area (Å²) in [6.45, 7) is 4.79. The van der Waals surface area contributed by atoms with E-state index in [2.05, 4.69) is 17.1 Å². The number of likely N-dealkylation sites (tertiary alicyclic amines) is 1. The minimum atomic E-state index is -1.48. The van der Waals surface area contributed by atoms with Crippen molar-refractivity contribution in [3.63, 3.8) is 0 Å². The molecule has 3 N–H and O–H groups in total. The molecule has 1 amide bonds. The quantitative estimate of drug-likeness (QED) is 0.414. The number of anilines is 1. The maximum Gasteiger partial charge on any atom is 0.340 e. The van der Waals surface area contributed by atoms with Gasteiger partial charge in [0.05, 0.1) is 29.6 Å². The molecule has 1 heterocycles. The van der Waals surface area contributed by atoms with Crippen molar-refractivity contribution in [2.75, 3.05) is 39.7 Å². The van der Waals surface area contributed by atoms with Gasteiger partial charge in [0.2, 0.25) is 5.91 Å². The van der Waals surface area contributed by atoms with E-state index < -0.39 is 34.3 Å². The first-order chi connectivity index (χ1) is 20.1.